The molecule has 1 aromatic rings. The zero-order valence-electron chi connectivity index (χ0n) is 14.5. The summed E-state index contributed by atoms with van der Waals surface area (Å²) in [5, 5.41) is 0. The van der Waals surface area contributed by atoms with Crippen LogP contribution in [0, 0.1) is 0 Å². The first-order chi connectivity index (χ1) is 11.7. The van der Waals surface area contributed by atoms with Gasteiger partial charge in [0.05, 0.1) is 13.1 Å². The Morgan fingerprint density at radius 1 is 1.00 bits per heavy atom. The first kappa shape index (κ1) is 18.6. The summed E-state index contributed by atoms with van der Waals surface area (Å²) in [6, 6.07) is 9.87. The summed E-state index contributed by atoms with van der Waals surface area (Å²) in [5.41, 5.74) is 6.63. The minimum atomic E-state index is 0.0434. The maximum absolute atomic E-state index is 12.7. The van der Waals surface area contributed by atoms with Gasteiger partial charge in [-0.1, -0.05) is 30.3 Å². The molecule has 1 heterocycles. The average Bonchev–Trinajstić information content (AvgIpc) is 2.58. The summed E-state index contributed by atoms with van der Waals surface area (Å²) in [5.74, 6) is 0.206. The van der Waals surface area contributed by atoms with Crippen LogP contribution >= 0.6 is 0 Å². The van der Waals surface area contributed by atoms with E-state index < -0.39 is 0 Å². The van der Waals surface area contributed by atoms with Gasteiger partial charge >= 0.3 is 0 Å². The van der Waals surface area contributed by atoms with E-state index in [0.717, 1.165) is 44.3 Å². The van der Waals surface area contributed by atoms with Gasteiger partial charge in [0.1, 0.15) is 0 Å². The Hall–Kier alpha value is -1.72. The molecule has 0 aromatic heterocycles. The Morgan fingerprint density at radius 2 is 1.79 bits per heavy atom. The van der Waals surface area contributed by atoms with Crippen molar-refractivity contribution in [2.75, 3.05) is 32.7 Å². The van der Waals surface area contributed by atoms with Crippen molar-refractivity contribution in [1.29, 1.82) is 0 Å². The summed E-state index contributed by atoms with van der Waals surface area (Å²) >= 11 is 0. The molecular formula is C19H29N3O2. The number of nitrogens with two attached hydrogens (primary N) is 1. The predicted octanol–water partition coefficient (Wildman–Crippen LogP) is 1.81. The van der Waals surface area contributed by atoms with Crippen molar-refractivity contribution in [3.05, 3.63) is 35.9 Å². The lowest BCUT2D eigenvalue weighted by Gasteiger charge is -2.28. The molecule has 1 saturated heterocycles. The third kappa shape index (κ3) is 6.42. The number of hydrogen-bond donors (Lipinski definition) is 1. The number of benzene rings is 1. The van der Waals surface area contributed by atoms with Crippen LogP contribution in [0.25, 0.3) is 0 Å². The second-order valence-corrected chi connectivity index (χ2v) is 6.50. The van der Waals surface area contributed by atoms with Crippen LogP contribution in [0.4, 0.5) is 0 Å². The summed E-state index contributed by atoms with van der Waals surface area (Å²) in [4.78, 5) is 28.8. The Bertz CT molecular complexity index is 519. The molecule has 0 radical (unpaired) electrons. The SMILES string of the molecule is NCCCCN1CCCCC(=O)CN(Cc2ccccc2)C(=O)C1. The van der Waals surface area contributed by atoms with Crippen LogP contribution in [0.1, 0.15) is 37.7 Å². The van der Waals surface area contributed by atoms with E-state index in [1.54, 1.807) is 4.90 Å². The van der Waals surface area contributed by atoms with Gasteiger partial charge in [-0.25, -0.2) is 0 Å². The lowest BCUT2D eigenvalue weighted by atomic mass is 10.1. The summed E-state index contributed by atoms with van der Waals surface area (Å²) in [6.45, 7) is 3.59. The van der Waals surface area contributed by atoms with E-state index in [1.165, 1.54) is 0 Å². The van der Waals surface area contributed by atoms with E-state index in [-0.39, 0.29) is 18.2 Å². The van der Waals surface area contributed by atoms with E-state index >= 15 is 0 Å². The molecule has 24 heavy (non-hydrogen) atoms. The number of rotatable bonds is 6. The van der Waals surface area contributed by atoms with Crippen LogP contribution in [-0.4, -0.2) is 54.2 Å². The molecule has 132 valence electrons. The van der Waals surface area contributed by atoms with Gasteiger partial charge in [0.2, 0.25) is 5.91 Å². The molecule has 5 nitrogen and oxygen atoms in total. The highest BCUT2D eigenvalue weighted by atomic mass is 16.2. The molecule has 0 aliphatic carbocycles. The first-order valence-corrected chi connectivity index (χ1v) is 8.95. The van der Waals surface area contributed by atoms with E-state index in [2.05, 4.69) is 4.90 Å². The Labute approximate surface area is 144 Å². The molecule has 1 fully saturated rings. The molecule has 2 N–H and O–H groups in total. The van der Waals surface area contributed by atoms with Crippen LogP contribution < -0.4 is 5.73 Å². The van der Waals surface area contributed by atoms with Gasteiger partial charge < -0.3 is 10.6 Å². The Balaban J connectivity index is 2.02. The van der Waals surface area contributed by atoms with Gasteiger partial charge in [-0.15, -0.1) is 0 Å². The third-order valence-corrected chi connectivity index (χ3v) is 4.40. The summed E-state index contributed by atoms with van der Waals surface area (Å²) in [7, 11) is 0. The van der Waals surface area contributed by atoms with Crippen molar-refractivity contribution in [3.63, 3.8) is 0 Å². The molecule has 0 unspecified atom stereocenters. The van der Waals surface area contributed by atoms with Crippen LogP contribution in [0.2, 0.25) is 0 Å². The minimum absolute atomic E-state index is 0.0434. The van der Waals surface area contributed by atoms with E-state index in [4.69, 9.17) is 5.73 Å². The van der Waals surface area contributed by atoms with Crippen molar-refractivity contribution >= 4 is 11.7 Å². The first-order valence-electron chi connectivity index (χ1n) is 8.95. The van der Waals surface area contributed by atoms with Gasteiger partial charge in [0.15, 0.2) is 5.78 Å². The van der Waals surface area contributed by atoms with Crippen molar-refractivity contribution in [2.45, 2.75) is 38.6 Å². The molecule has 5 heteroatoms. The zero-order chi connectivity index (χ0) is 17.2. The predicted molar refractivity (Wildman–Crippen MR) is 95.4 cm³/mol. The van der Waals surface area contributed by atoms with Gasteiger partial charge in [-0.3, -0.25) is 14.5 Å². The number of ketones is 1. The summed E-state index contributed by atoms with van der Waals surface area (Å²) in [6.07, 6.45) is 4.44. The van der Waals surface area contributed by atoms with Crippen LogP contribution in [0.3, 0.4) is 0 Å². The quantitative estimate of drug-likeness (QED) is 0.807. The minimum Gasteiger partial charge on any atom is -0.330 e. The lowest BCUT2D eigenvalue weighted by molar-refractivity contribution is -0.137. The van der Waals surface area contributed by atoms with Crippen molar-refractivity contribution in [1.82, 2.24) is 9.80 Å². The highest BCUT2D eigenvalue weighted by Crippen LogP contribution is 2.10. The molecule has 1 amide bonds. The Kier molecular flexibility index (Phi) is 7.92. The average molecular weight is 331 g/mol. The van der Waals surface area contributed by atoms with E-state index in [9.17, 15) is 9.59 Å². The summed E-state index contributed by atoms with van der Waals surface area (Å²) < 4.78 is 0. The number of carbonyl (C=O) groups excluding carboxylic acids is 2. The van der Waals surface area contributed by atoms with E-state index in [0.29, 0.717) is 26.1 Å². The largest absolute Gasteiger partial charge is 0.330 e. The fourth-order valence-corrected chi connectivity index (χ4v) is 3.03. The van der Waals surface area contributed by atoms with Crippen molar-refractivity contribution in [3.8, 4) is 0 Å². The standard InChI is InChI=1S/C19H29N3O2/c20-11-5-7-13-21-12-6-4-10-18(23)15-22(19(24)16-21)14-17-8-2-1-3-9-17/h1-3,8-9H,4-7,10-16,20H2. The van der Waals surface area contributed by atoms with Gasteiger partial charge in [-0.2, -0.15) is 0 Å². The molecule has 1 aromatic carbocycles. The maximum Gasteiger partial charge on any atom is 0.237 e. The van der Waals surface area contributed by atoms with E-state index in [1.807, 2.05) is 30.3 Å². The highest BCUT2D eigenvalue weighted by Gasteiger charge is 2.21. The number of nitrogens with zero attached hydrogens (tertiary/aromatic N) is 2. The highest BCUT2D eigenvalue weighted by molar-refractivity contribution is 5.87. The molecule has 0 saturated carbocycles. The van der Waals surface area contributed by atoms with Gasteiger partial charge in [-0.05, 0) is 50.9 Å². The second kappa shape index (κ2) is 10.2. The monoisotopic (exact) mass is 331 g/mol. The molecule has 0 spiro atoms. The molecule has 0 bridgehead atoms. The maximum atomic E-state index is 12.7. The normalized spacial score (nSPS) is 18.0. The second-order valence-electron chi connectivity index (χ2n) is 6.50. The van der Waals surface area contributed by atoms with Gasteiger partial charge in [0, 0.05) is 13.0 Å². The fraction of sp³-hybridized carbons (Fsp3) is 0.579. The number of amides is 1. The molecule has 1 aliphatic rings. The lowest BCUT2D eigenvalue weighted by Crippen LogP contribution is -2.43. The molecule has 1 aliphatic heterocycles. The molecule has 0 atom stereocenters. The van der Waals surface area contributed by atoms with Crippen molar-refractivity contribution < 1.29 is 9.59 Å². The van der Waals surface area contributed by atoms with Crippen LogP contribution in [-0.2, 0) is 16.1 Å². The van der Waals surface area contributed by atoms with Crippen molar-refractivity contribution in [2.24, 2.45) is 5.73 Å². The zero-order valence-corrected chi connectivity index (χ0v) is 14.5. The number of unbranched alkanes of at least 4 members (excludes halogenated alkanes) is 1. The number of hydrogen-bond acceptors (Lipinski definition) is 4. The number of carbonyl (C=O) groups is 2. The number of Topliss-reactive ketones (excluding diaryl/α,β-unsaturated/α-hetero) is 1. The third-order valence-electron chi connectivity index (χ3n) is 4.40. The fourth-order valence-electron chi connectivity index (χ4n) is 3.03. The van der Waals surface area contributed by atoms with Crippen LogP contribution in [0.15, 0.2) is 30.3 Å². The molecular weight excluding hydrogens is 302 g/mol. The van der Waals surface area contributed by atoms with Gasteiger partial charge in [0.25, 0.3) is 0 Å². The Morgan fingerprint density at radius 3 is 2.54 bits per heavy atom. The smallest absolute Gasteiger partial charge is 0.237 e. The molecule has 2 rings (SSSR count). The topological polar surface area (TPSA) is 66.6 Å². The van der Waals surface area contributed by atoms with Crippen LogP contribution in [0.5, 0.6) is 0 Å².